The van der Waals surface area contributed by atoms with E-state index in [4.69, 9.17) is 23.8 Å². The third kappa shape index (κ3) is 2.63. The van der Waals surface area contributed by atoms with Gasteiger partial charge < -0.3 is 5.11 Å². The second-order valence-corrected chi connectivity index (χ2v) is 5.28. The number of aliphatic hydroxyl groups excluding tert-OH is 1. The zero-order chi connectivity index (χ0) is 14.8. The Morgan fingerprint density at radius 1 is 1.10 bits per heavy atom. The smallest absolute Gasteiger partial charge is 0.199 e. The first-order valence-electron chi connectivity index (χ1n) is 6.33. The van der Waals surface area contributed by atoms with E-state index in [-0.39, 0.29) is 0 Å². The molecule has 106 valence electrons. The number of aromatic nitrogens is 3. The summed E-state index contributed by atoms with van der Waals surface area (Å²) in [6, 6.07) is 16.6. The van der Waals surface area contributed by atoms with Gasteiger partial charge in [-0.05, 0) is 30.4 Å². The SMILES string of the molecule is OC(c1ccccc1Cl)c1n[nH]c(=S)n1-c1ccccc1. The van der Waals surface area contributed by atoms with Gasteiger partial charge in [-0.2, -0.15) is 5.10 Å². The Kier molecular flexibility index (Phi) is 3.88. The number of benzene rings is 2. The normalized spacial score (nSPS) is 12.3. The van der Waals surface area contributed by atoms with Gasteiger partial charge in [-0.1, -0.05) is 48.0 Å². The Hall–Kier alpha value is -1.95. The molecule has 0 bridgehead atoms. The number of nitrogens with one attached hydrogen (secondary N) is 1. The van der Waals surface area contributed by atoms with E-state index in [9.17, 15) is 5.11 Å². The molecule has 0 amide bonds. The van der Waals surface area contributed by atoms with Crippen molar-refractivity contribution in [2.45, 2.75) is 6.10 Å². The number of nitrogens with zero attached hydrogens (tertiary/aromatic N) is 2. The van der Waals surface area contributed by atoms with Gasteiger partial charge in [0.25, 0.3) is 0 Å². The van der Waals surface area contributed by atoms with Crippen molar-refractivity contribution in [2.24, 2.45) is 0 Å². The summed E-state index contributed by atoms with van der Waals surface area (Å²) in [6.07, 6.45) is -0.966. The van der Waals surface area contributed by atoms with Crippen LogP contribution in [0.2, 0.25) is 5.02 Å². The van der Waals surface area contributed by atoms with Crippen LogP contribution in [0.5, 0.6) is 0 Å². The van der Waals surface area contributed by atoms with E-state index in [2.05, 4.69) is 10.2 Å². The highest BCUT2D eigenvalue weighted by atomic mass is 35.5. The number of para-hydroxylation sites is 1. The maximum Gasteiger partial charge on any atom is 0.199 e. The van der Waals surface area contributed by atoms with E-state index < -0.39 is 6.10 Å². The number of aromatic amines is 1. The summed E-state index contributed by atoms with van der Waals surface area (Å²) in [5, 5.41) is 17.9. The number of aliphatic hydroxyl groups is 1. The molecule has 21 heavy (non-hydrogen) atoms. The van der Waals surface area contributed by atoms with Crippen molar-refractivity contribution in [3.8, 4) is 5.69 Å². The Morgan fingerprint density at radius 2 is 1.76 bits per heavy atom. The molecule has 1 atom stereocenters. The first-order chi connectivity index (χ1) is 10.2. The molecule has 0 aliphatic carbocycles. The fourth-order valence-corrected chi connectivity index (χ4v) is 2.64. The van der Waals surface area contributed by atoms with Crippen LogP contribution in [-0.4, -0.2) is 19.9 Å². The quantitative estimate of drug-likeness (QED) is 0.725. The monoisotopic (exact) mass is 317 g/mol. The minimum atomic E-state index is -0.966. The lowest BCUT2D eigenvalue weighted by atomic mass is 10.1. The second-order valence-electron chi connectivity index (χ2n) is 4.48. The van der Waals surface area contributed by atoms with E-state index in [1.807, 2.05) is 42.5 Å². The molecule has 1 unspecified atom stereocenters. The third-order valence-electron chi connectivity index (χ3n) is 3.16. The fraction of sp³-hybridized carbons (Fsp3) is 0.0667. The first-order valence-corrected chi connectivity index (χ1v) is 7.12. The average molecular weight is 318 g/mol. The predicted octanol–water partition coefficient (Wildman–Crippen LogP) is 3.66. The standard InChI is InChI=1S/C15H12ClN3OS/c16-12-9-5-4-8-11(12)13(20)14-17-18-15(21)19(14)10-6-2-1-3-7-10/h1-9,13,20H,(H,18,21). The third-order valence-corrected chi connectivity index (χ3v) is 3.78. The highest BCUT2D eigenvalue weighted by molar-refractivity contribution is 7.71. The van der Waals surface area contributed by atoms with Crippen LogP contribution in [0.15, 0.2) is 54.6 Å². The van der Waals surface area contributed by atoms with Crippen molar-refractivity contribution in [2.75, 3.05) is 0 Å². The van der Waals surface area contributed by atoms with Crippen LogP contribution < -0.4 is 0 Å². The van der Waals surface area contributed by atoms with Crippen molar-refractivity contribution in [3.63, 3.8) is 0 Å². The Labute approximate surface area is 131 Å². The van der Waals surface area contributed by atoms with Gasteiger partial charge in [0.1, 0.15) is 6.10 Å². The molecule has 4 nitrogen and oxygen atoms in total. The molecule has 2 aromatic carbocycles. The molecule has 2 N–H and O–H groups in total. The van der Waals surface area contributed by atoms with E-state index in [1.54, 1.807) is 16.7 Å². The molecule has 1 heterocycles. The van der Waals surface area contributed by atoms with Crippen molar-refractivity contribution in [3.05, 3.63) is 75.8 Å². The van der Waals surface area contributed by atoms with Crippen LogP contribution in [0.25, 0.3) is 5.69 Å². The lowest BCUT2D eigenvalue weighted by Crippen LogP contribution is -2.09. The summed E-state index contributed by atoms with van der Waals surface area (Å²) in [4.78, 5) is 0. The number of halogens is 1. The first kappa shape index (κ1) is 14.0. The maximum absolute atomic E-state index is 10.6. The zero-order valence-electron chi connectivity index (χ0n) is 10.9. The zero-order valence-corrected chi connectivity index (χ0v) is 12.5. The van der Waals surface area contributed by atoms with Crippen molar-refractivity contribution < 1.29 is 5.11 Å². The molecule has 0 fully saturated rings. The van der Waals surface area contributed by atoms with E-state index in [0.717, 1.165) is 5.69 Å². The van der Waals surface area contributed by atoms with Gasteiger partial charge in [0.2, 0.25) is 0 Å². The van der Waals surface area contributed by atoms with Gasteiger partial charge in [0.15, 0.2) is 10.6 Å². The van der Waals surface area contributed by atoms with Crippen molar-refractivity contribution >= 4 is 23.8 Å². The minimum absolute atomic E-state index is 0.402. The van der Waals surface area contributed by atoms with Crippen LogP contribution in [-0.2, 0) is 0 Å². The molecule has 6 heteroatoms. The van der Waals surface area contributed by atoms with Gasteiger partial charge >= 0.3 is 0 Å². The largest absolute Gasteiger partial charge is 0.380 e. The average Bonchev–Trinajstić information content (AvgIpc) is 2.90. The molecule has 0 spiro atoms. The van der Waals surface area contributed by atoms with Crippen LogP contribution in [0.3, 0.4) is 0 Å². The Morgan fingerprint density at radius 3 is 2.48 bits per heavy atom. The number of rotatable bonds is 3. The van der Waals surface area contributed by atoms with Crippen LogP contribution in [0, 0.1) is 4.77 Å². The summed E-state index contributed by atoms with van der Waals surface area (Å²) in [5.74, 6) is 0.402. The fourth-order valence-electron chi connectivity index (χ4n) is 2.16. The molecule has 0 aliphatic heterocycles. The predicted molar refractivity (Wildman–Crippen MR) is 84.3 cm³/mol. The molecule has 3 aromatic rings. The van der Waals surface area contributed by atoms with Gasteiger partial charge in [0.05, 0.1) is 0 Å². The lowest BCUT2D eigenvalue weighted by molar-refractivity contribution is 0.207. The van der Waals surface area contributed by atoms with E-state index in [1.165, 1.54) is 0 Å². The van der Waals surface area contributed by atoms with Gasteiger partial charge in [0, 0.05) is 16.3 Å². The number of hydrogen-bond acceptors (Lipinski definition) is 3. The molecule has 0 saturated carbocycles. The van der Waals surface area contributed by atoms with Crippen LogP contribution in [0.4, 0.5) is 0 Å². The second kappa shape index (κ2) is 5.81. The van der Waals surface area contributed by atoms with E-state index >= 15 is 0 Å². The molecule has 1 aromatic heterocycles. The van der Waals surface area contributed by atoms with Crippen molar-refractivity contribution in [1.82, 2.24) is 14.8 Å². The summed E-state index contributed by atoms with van der Waals surface area (Å²) in [7, 11) is 0. The summed E-state index contributed by atoms with van der Waals surface area (Å²) in [5.41, 5.74) is 1.42. The topological polar surface area (TPSA) is 53.8 Å². The summed E-state index contributed by atoms with van der Waals surface area (Å²) in [6.45, 7) is 0. The molecule has 0 aliphatic rings. The van der Waals surface area contributed by atoms with Gasteiger partial charge in [-0.3, -0.25) is 9.67 Å². The number of H-pyrrole nitrogens is 1. The highest BCUT2D eigenvalue weighted by Gasteiger charge is 2.20. The summed E-state index contributed by atoms with van der Waals surface area (Å²) >= 11 is 11.4. The number of hydrogen-bond donors (Lipinski definition) is 2. The molecule has 3 rings (SSSR count). The van der Waals surface area contributed by atoms with Crippen LogP contribution >= 0.6 is 23.8 Å². The summed E-state index contributed by atoms with van der Waals surface area (Å²) < 4.78 is 2.12. The molecule has 0 radical (unpaired) electrons. The highest BCUT2D eigenvalue weighted by Crippen LogP contribution is 2.28. The Balaban J connectivity index is 2.13. The minimum Gasteiger partial charge on any atom is -0.380 e. The lowest BCUT2D eigenvalue weighted by Gasteiger charge is -2.13. The maximum atomic E-state index is 10.6. The Bertz CT molecular complexity index is 813. The molecular formula is C15H12ClN3OS. The van der Waals surface area contributed by atoms with Crippen molar-refractivity contribution in [1.29, 1.82) is 0 Å². The van der Waals surface area contributed by atoms with Crippen LogP contribution in [0.1, 0.15) is 17.5 Å². The van der Waals surface area contributed by atoms with Gasteiger partial charge in [-0.15, -0.1) is 0 Å². The molecular weight excluding hydrogens is 306 g/mol. The molecule has 0 saturated heterocycles. The van der Waals surface area contributed by atoms with E-state index in [0.29, 0.717) is 21.2 Å². The van der Waals surface area contributed by atoms with Gasteiger partial charge in [-0.25, -0.2) is 0 Å².